The van der Waals surface area contributed by atoms with Crippen LogP contribution in [0.3, 0.4) is 0 Å². The molecule has 1 amide bonds. The van der Waals surface area contributed by atoms with Crippen molar-refractivity contribution < 1.29 is 24.1 Å². The van der Waals surface area contributed by atoms with Crippen LogP contribution < -0.4 is 19.5 Å². The summed E-state index contributed by atoms with van der Waals surface area (Å²) in [6.07, 6.45) is 7.93. The predicted molar refractivity (Wildman–Crippen MR) is 150 cm³/mol. The highest BCUT2D eigenvalue weighted by molar-refractivity contribution is 5.86. The lowest BCUT2D eigenvalue weighted by Crippen LogP contribution is -2.14. The lowest BCUT2D eigenvalue weighted by molar-refractivity contribution is 0.173. The molecular formula is C29H29N7O5. The average Bonchev–Trinajstić information content (AvgIpc) is 3.64. The van der Waals surface area contributed by atoms with Crippen molar-refractivity contribution in [3.63, 3.8) is 0 Å². The van der Waals surface area contributed by atoms with Crippen LogP contribution >= 0.6 is 0 Å². The van der Waals surface area contributed by atoms with Crippen LogP contribution in [0.1, 0.15) is 30.1 Å². The van der Waals surface area contributed by atoms with Gasteiger partial charge in [0.25, 0.3) is 0 Å². The van der Waals surface area contributed by atoms with Gasteiger partial charge in [-0.2, -0.15) is 5.10 Å². The van der Waals surface area contributed by atoms with Crippen molar-refractivity contribution in [1.82, 2.24) is 29.3 Å². The van der Waals surface area contributed by atoms with E-state index in [4.69, 9.17) is 14.2 Å². The molecule has 4 aromatic heterocycles. The van der Waals surface area contributed by atoms with Crippen molar-refractivity contribution in [2.45, 2.75) is 25.5 Å². The van der Waals surface area contributed by atoms with Crippen molar-refractivity contribution >= 4 is 23.2 Å². The van der Waals surface area contributed by atoms with Gasteiger partial charge >= 0.3 is 6.09 Å². The van der Waals surface area contributed by atoms with E-state index < -0.39 is 6.09 Å². The van der Waals surface area contributed by atoms with E-state index in [1.807, 2.05) is 49.6 Å². The van der Waals surface area contributed by atoms with Gasteiger partial charge in [-0.3, -0.25) is 14.6 Å². The van der Waals surface area contributed by atoms with E-state index in [9.17, 15) is 9.90 Å². The number of benzene rings is 1. The molecule has 0 radical (unpaired) electrons. The fraction of sp³-hybridized carbons (Fsp3) is 0.276. The van der Waals surface area contributed by atoms with Gasteiger partial charge in [-0.05, 0) is 42.7 Å². The molecule has 1 aromatic carbocycles. The molecule has 1 atom stereocenters. The van der Waals surface area contributed by atoms with E-state index in [1.54, 1.807) is 42.1 Å². The Labute approximate surface area is 235 Å². The summed E-state index contributed by atoms with van der Waals surface area (Å²) in [5.41, 5.74) is 4.65. The number of carboxylic acid groups (broad SMARTS) is 1. The fourth-order valence-electron chi connectivity index (χ4n) is 4.82. The van der Waals surface area contributed by atoms with Gasteiger partial charge in [0.15, 0.2) is 17.1 Å². The Bertz CT molecular complexity index is 1710. The molecule has 0 spiro atoms. The zero-order valence-electron chi connectivity index (χ0n) is 22.8. The molecule has 0 aliphatic heterocycles. The second-order valence-corrected chi connectivity index (χ2v) is 9.92. The molecule has 4 heterocycles. The van der Waals surface area contributed by atoms with Gasteiger partial charge in [0.05, 0.1) is 27.0 Å². The molecule has 6 rings (SSSR count). The molecule has 0 saturated heterocycles. The van der Waals surface area contributed by atoms with Crippen molar-refractivity contribution in [1.29, 1.82) is 0 Å². The van der Waals surface area contributed by atoms with Crippen LogP contribution in [0.2, 0.25) is 0 Å². The lowest BCUT2D eigenvalue weighted by atomic mass is 10.1. The van der Waals surface area contributed by atoms with Crippen LogP contribution in [-0.2, 0) is 13.6 Å². The van der Waals surface area contributed by atoms with E-state index in [-0.39, 0.29) is 12.1 Å². The van der Waals surface area contributed by atoms with Crippen molar-refractivity contribution in [2.24, 2.45) is 13.0 Å². The molecule has 41 heavy (non-hydrogen) atoms. The first kappa shape index (κ1) is 26.1. The van der Waals surface area contributed by atoms with E-state index in [1.165, 1.54) is 0 Å². The first-order valence-electron chi connectivity index (χ1n) is 13.1. The monoisotopic (exact) mass is 555 g/mol. The molecule has 2 N–H and O–H groups in total. The summed E-state index contributed by atoms with van der Waals surface area (Å²) in [6, 6.07) is 11.4. The highest BCUT2D eigenvalue weighted by Gasteiger charge is 2.35. The smallest absolute Gasteiger partial charge is 0.411 e. The number of pyridine rings is 2. The number of nitrogens with zero attached hydrogens (tertiary/aromatic N) is 6. The van der Waals surface area contributed by atoms with Crippen LogP contribution in [0, 0.1) is 5.92 Å². The number of carbonyl (C=O) groups is 1. The van der Waals surface area contributed by atoms with Crippen molar-refractivity contribution in [3.8, 4) is 28.5 Å². The van der Waals surface area contributed by atoms with Crippen LogP contribution in [0.15, 0.2) is 61.2 Å². The molecule has 12 nitrogen and oxygen atoms in total. The van der Waals surface area contributed by atoms with Gasteiger partial charge < -0.3 is 19.3 Å². The third-order valence-corrected chi connectivity index (χ3v) is 7.01. The Kier molecular flexibility index (Phi) is 6.88. The van der Waals surface area contributed by atoms with E-state index >= 15 is 0 Å². The summed E-state index contributed by atoms with van der Waals surface area (Å²) in [4.78, 5) is 25.1. The molecule has 1 aliphatic rings. The minimum absolute atomic E-state index is 0.157. The first-order chi connectivity index (χ1) is 19.9. The maximum absolute atomic E-state index is 11.6. The van der Waals surface area contributed by atoms with Gasteiger partial charge in [-0.25, -0.2) is 19.7 Å². The minimum Gasteiger partial charge on any atom is -0.493 e. The largest absolute Gasteiger partial charge is 0.493 e. The second kappa shape index (κ2) is 10.8. The number of aryl methyl sites for hydroxylation is 1. The summed E-state index contributed by atoms with van der Waals surface area (Å²) in [5, 5.41) is 16.1. The number of hydrogen-bond donors (Lipinski definition) is 2. The molecule has 5 aromatic rings. The Hall–Kier alpha value is -5.13. The maximum atomic E-state index is 11.6. The third kappa shape index (κ3) is 5.49. The molecule has 1 aliphatic carbocycles. The first-order valence-corrected chi connectivity index (χ1v) is 13.1. The zero-order valence-corrected chi connectivity index (χ0v) is 22.8. The van der Waals surface area contributed by atoms with Gasteiger partial charge in [-0.15, -0.1) is 0 Å². The average molecular weight is 556 g/mol. The van der Waals surface area contributed by atoms with Crippen LogP contribution in [0.25, 0.3) is 22.3 Å². The SMILES string of the molecule is COc1ccc(C(Oc2ccc(Cn3c(NC(=O)O)nc4cc(-c5cnn(C)c5)cnc43)cc2OC)C2CC2)cn1. The molecular weight excluding hydrogens is 526 g/mol. The highest BCUT2D eigenvalue weighted by atomic mass is 16.5. The highest BCUT2D eigenvalue weighted by Crippen LogP contribution is 2.45. The number of anilines is 1. The molecule has 1 saturated carbocycles. The summed E-state index contributed by atoms with van der Waals surface area (Å²) < 4.78 is 20.8. The topological polar surface area (TPSA) is 138 Å². The quantitative estimate of drug-likeness (QED) is 0.246. The summed E-state index contributed by atoms with van der Waals surface area (Å²) in [6.45, 7) is 0.302. The summed E-state index contributed by atoms with van der Waals surface area (Å²) >= 11 is 0. The molecule has 1 unspecified atom stereocenters. The summed E-state index contributed by atoms with van der Waals surface area (Å²) in [7, 11) is 5.02. The lowest BCUT2D eigenvalue weighted by Gasteiger charge is -2.21. The normalized spacial score (nSPS) is 13.6. The van der Waals surface area contributed by atoms with Gasteiger partial charge in [0, 0.05) is 54.3 Å². The number of aromatic nitrogens is 6. The van der Waals surface area contributed by atoms with Gasteiger partial charge in [0.2, 0.25) is 11.8 Å². The maximum Gasteiger partial charge on any atom is 0.411 e. The zero-order chi connectivity index (χ0) is 28.5. The number of rotatable bonds is 10. The molecule has 210 valence electrons. The summed E-state index contributed by atoms with van der Waals surface area (Å²) in [5.74, 6) is 2.31. The van der Waals surface area contributed by atoms with Gasteiger partial charge in [0.1, 0.15) is 11.6 Å². The minimum atomic E-state index is -1.21. The Morgan fingerprint density at radius 1 is 1.05 bits per heavy atom. The van der Waals surface area contributed by atoms with Crippen LogP contribution in [0.5, 0.6) is 17.4 Å². The number of methoxy groups -OCH3 is 2. The standard InChI is InChI=1S/C29H29N7O5/c1-35-16-21(14-32-35)20-11-22-27(31-13-20)36(28(33-22)34-29(37)38)15-17-4-8-23(24(10-17)39-2)41-26(18-5-6-18)19-7-9-25(40-3)30-12-19/h4,7-14,16,18,26H,5-6,15H2,1-3H3,(H,33,34)(H,37,38). The third-order valence-electron chi connectivity index (χ3n) is 7.01. The molecule has 12 heteroatoms. The van der Waals surface area contributed by atoms with Crippen molar-refractivity contribution in [2.75, 3.05) is 19.5 Å². The van der Waals surface area contributed by atoms with Crippen LogP contribution in [0.4, 0.5) is 10.7 Å². The number of imidazole rings is 1. The Morgan fingerprint density at radius 3 is 2.56 bits per heavy atom. The fourth-order valence-corrected chi connectivity index (χ4v) is 4.82. The van der Waals surface area contributed by atoms with Crippen LogP contribution in [-0.4, -0.2) is 54.7 Å². The second-order valence-electron chi connectivity index (χ2n) is 9.92. The Balaban J connectivity index is 1.29. The predicted octanol–water partition coefficient (Wildman–Crippen LogP) is 4.91. The number of ether oxygens (including phenoxy) is 3. The number of nitrogens with one attached hydrogen (secondary N) is 1. The van der Waals surface area contributed by atoms with Gasteiger partial charge in [-0.1, -0.05) is 6.07 Å². The number of hydrogen-bond acceptors (Lipinski definition) is 8. The number of fused-ring (bicyclic) bond motifs is 1. The Morgan fingerprint density at radius 2 is 1.90 bits per heavy atom. The molecule has 1 fully saturated rings. The van der Waals surface area contributed by atoms with Crippen molar-refractivity contribution in [3.05, 3.63) is 72.3 Å². The molecule has 0 bridgehead atoms. The van der Waals surface area contributed by atoms with E-state index in [0.29, 0.717) is 41.0 Å². The van der Waals surface area contributed by atoms with E-state index in [0.717, 1.165) is 35.1 Å². The number of amides is 1. The van der Waals surface area contributed by atoms with E-state index in [2.05, 4.69) is 25.4 Å².